The summed E-state index contributed by atoms with van der Waals surface area (Å²) in [5.41, 5.74) is 1.23. The molecule has 1 aliphatic rings. The monoisotopic (exact) mass is 254 g/mol. The van der Waals surface area contributed by atoms with Gasteiger partial charge in [-0.05, 0) is 32.2 Å². The molecule has 0 radical (unpaired) electrons. The maximum Gasteiger partial charge on any atom is 0.122 e. The zero-order chi connectivity index (χ0) is 12.1. The molecule has 1 fully saturated rings. The number of hydrogen-bond acceptors (Lipinski definition) is 4. The summed E-state index contributed by atoms with van der Waals surface area (Å²) in [5, 5.41) is 6.79. The first-order valence-corrected chi connectivity index (χ1v) is 7.43. The molecule has 1 aliphatic heterocycles. The fourth-order valence-corrected chi connectivity index (χ4v) is 2.95. The highest BCUT2D eigenvalue weighted by atomic mass is 32.1. The predicted octanol–water partition coefficient (Wildman–Crippen LogP) is 2.93. The van der Waals surface area contributed by atoms with E-state index in [1.54, 1.807) is 11.3 Å². The lowest BCUT2D eigenvalue weighted by Crippen LogP contribution is -2.23. The van der Waals surface area contributed by atoms with E-state index in [-0.39, 0.29) is 6.10 Å². The third kappa shape index (κ3) is 4.05. The Kier molecular flexibility index (Phi) is 4.95. The van der Waals surface area contributed by atoms with E-state index in [2.05, 4.69) is 29.5 Å². The highest BCUT2D eigenvalue weighted by Gasteiger charge is 2.20. The van der Waals surface area contributed by atoms with Gasteiger partial charge in [0, 0.05) is 18.0 Å². The number of hydrogen-bond donors (Lipinski definition) is 1. The lowest BCUT2D eigenvalue weighted by atomic mass is 10.2. The van der Waals surface area contributed by atoms with Gasteiger partial charge < -0.3 is 10.1 Å². The van der Waals surface area contributed by atoms with Gasteiger partial charge in [0.2, 0.25) is 0 Å². The highest BCUT2D eigenvalue weighted by molar-refractivity contribution is 7.09. The van der Waals surface area contributed by atoms with Crippen LogP contribution >= 0.6 is 11.3 Å². The zero-order valence-corrected chi connectivity index (χ0v) is 11.6. The standard InChI is InChI=1S/C13H22N2OS/c1-10(2)14-7-3-5-11-9-17-13(15-11)12-6-4-8-16-12/h9-10,12,14H,3-8H2,1-2H3. The maximum atomic E-state index is 5.64. The van der Waals surface area contributed by atoms with Crippen LogP contribution in [0.1, 0.15) is 49.9 Å². The van der Waals surface area contributed by atoms with Crippen LogP contribution in [0.3, 0.4) is 0 Å². The molecule has 2 heterocycles. The van der Waals surface area contributed by atoms with Crippen LogP contribution in [0, 0.1) is 0 Å². The number of aromatic nitrogens is 1. The van der Waals surface area contributed by atoms with Gasteiger partial charge in [-0.2, -0.15) is 0 Å². The van der Waals surface area contributed by atoms with Crippen molar-refractivity contribution in [3.63, 3.8) is 0 Å². The SMILES string of the molecule is CC(C)NCCCc1csc(C2CCCO2)n1. The number of rotatable bonds is 6. The first-order valence-electron chi connectivity index (χ1n) is 6.55. The molecular formula is C13H22N2OS. The molecule has 0 saturated carbocycles. The van der Waals surface area contributed by atoms with Crippen molar-refractivity contribution in [1.29, 1.82) is 0 Å². The Hall–Kier alpha value is -0.450. The van der Waals surface area contributed by atoms with E-state index in [1.807, 2.05) is 0 Å². The van der Waals surface area contributed by atoms with Gasteiger partial charge in [0.05, 0.1) is 5.69 Å². The van der Waals surface area contributed by atoms with Crippen molar-refractivity contribution in [2.24, 2.45) is 0 Å². The fraction of sp³-hybridized carbons (Fsp3) is 0.769. The Morgan fingerprint density at radius 1 is 1.59 bits per heavy atom. The van der Waals surface area contributed by atoms with E-state index in [0.717, 1.165) is 32.4 Å². The smallest absolute Gasteiger partial charge is 0.122 e. The molecule has 3 nitrogen and oxygen atoms in total. The Morgan fingerprint density at radius 3 is 3.18 bits per heavy atom. The highest BCUT2D eigenvalue weighted by Crippen LogP contribution is 2.30. The first kappa shape index (κ1) is 13.0. The van der Waals surface area contributed by atoms with Crippen molar-refractivity contribution < 1.29 is 4.74 Å². The topological polar surface area (TPSA) is 34.1 Å². The molecule has 0 aromatic carbocycles. The van der Waals surface area contributed by atoms with Crippen LogP contribution in [0.5, 0.6) is 0 Å². The molecule has 17 heavy (non-hydrogen) atoms. The number of thiazole rings is 1. The predicted molar refractivity (Wildman–Crippen MR) is 71.5 cm³/mol. The maximum absolute atomic E-state index is 5.64. The molecule has 1 saturated heterocycles. The molecule has 2 rings (SSSR count). The van der Waals surface area contributed by atoms with Crippen molar-refractivity contribution >= 4 is 11.3 Å². The molecular weight excluding hydrogens is 232 g/mol. The van der Waals surface area contributed by atoms with E-state index in [0.29, 0.717) is 6.04 Å². The quantitative estimate of drug-likeness (QED) is 0.793. The molecule has 0 aliphatic carbocycles. The fourth-order valence-electron chi connectivity index (χ4n) is 2.02. The van der Waals surface area contributed by atoms with Gasteiger partial charge >= 0.3 is 0 Å². The Morgan fingerprint density at radius 2 is 2.47 bits per heavy atom. The minimum Gasteiger partial charge on any atom is -0.371 e. The van der Waals surface area contributed by atoms with E-state index in [1.165, 1.54) is 17.1 Å². The van der Waals surface area contributed by atoms with Gasteiger partial charge in [0.15, 0.2) is 0 Å². The van der Waals surface area contributed by atoms with Crippen molar-refractivity contribution in [3.05, 3.63) is 16.1 Å². The summed E-state index contributed by atoms with van der Waals surface area (Å²) >= 11 is 1.75. The summed E-state index contributed by atoms with van der Waals surface area (Å²) < 4.78 is 5.64. The Bertz CT molecular complexity index is 332. The number of aryl methyl sites for hydroxylation is 1. The normalized spacial score (nSPS) is 20.3. The van der Waals surface area contributed by atoms with Crippen molar-refractivity contribution in [2.45, 2.75) is 51.7 Å². The summed E-state index contributed by atoms with van der Waals surface area (Å²) in [5.74, 6) is 0. The average molecular weight is 254 g/mol. The van der Waals surface area contributed by atoms with Crippen LogP contribution < -0.4 is 5.32 Å². The summed E-state index contributed by atoms with van der Waals surface area (Å²) in [7, 11) is 0. The minimum atomic E-state index is 0.280. The van der Waals surface area contributed by atoms with Crippen molar-refractivity contribution in [2.75, 3.05) is 13.2 Å². The third-order valence-corrected chi connectivity index (χ3v) is 3.92. The van der Waals surface area contributed by atoms with Crippen molar-refractivity contribution in [3.8, 4) is 0 Å². The molecule has 0 amide bonds. The van der Waals surface area contributed by atoms with Crippen LogP contribution in [-0.2, 0) is 11.2 Å². The van der Waals surface area contributed by atoms with E-state index < -0.39 is 0 Å². The van der Waals surface area contributed by atoms with Gasteiger partial charge in [0.25, 0.3) is 0 Å². The van der Waals surface area contributed by atoms with Gasteiger partial charge in [-0.25, -0.2) is 4.98 Å². The van der Waals surface area contributed by atoms with E-state index in [4.69, 9.17) is 4.74 Å². The van der Waals surface area contributed by atoms with Gasteiger partial charge in [-0.15, -0.1) is 11.3 Å². The van der Waals surface area contributed by atoms with E-state index in [9.17, 15) is 0 Å². The average Bonchev–Trinajstić information content (AvgIpc) is 2.94. The summed E-state index contributed by atoms with van der Waals surface area (Å²) in [6.07, 6.45) is 4.83. The molecule has 0 spiro atoms. The van der Waals surface area contributed by atoms with Crippen LogP contribution in [0.25, 0.3) is 0 Å². The van der Waals surface area contributed by atoms with E-state index >= 15 is 0 Å². The molecule has 4 heteroatoms. The molecule has 1 aromatic rings. The largest absolute Gasteiger partial charge is 0.371 e. The lowest BCUT2D eigenvalue weighted by molar-refractivity contribution is 0.111. The zero-order valence-electron chi connectivity index (χ0n) is 10.7. The summed E-state index contributed by atoms with van der Waals surface area (Å²) in [6, 6.07) is 0.577. The second kappa shape index (κ2) is 6.47. The summed E-state index contributed by atoms with van der Waals surface area (Å²) in [4.78, 5) is 4.67. The third-order valence-electron chi connectivity index (χ3n) is 2.94. The van der Waals surface area contributed by atoms with Gasteiger partial charge in [-0.1, -0.05) is 13.8 Å². The molecule has 1 atom stereocenters. The molecule has 0 bridgehead atoms. The first-order chi connectivity index (χ1) is 8.25. The number of ether oxygens (including phenoxy) is 1. The number of nitrogens with zero attached hydrogens (tertiary/aromatic N) is 1. The lowest BCUT2D eigenvalue weighted by Gasteiger charge is -2.06. The Balaban J connectivity index is 1.74. The van der Waals surface area contributed by atoms with Gasteiger partial charge in [0.1, 0.15) is 11.1 Å². The second-order valence-electron chi connectivity index (χ2n) is 4.89. The molecule has 1 N–H and O–H groups in total. The van der Waals surface area contributed by atoms with Crippen LogP contribution in [-0.4, -0.2) is 24.2 Å². The molecule has 1 unspecified atom stereocenters. The summed E-state index contributed by atoms with van der Waals surface area (Å²) in [6.45, 7) is 6.33. The Labute approximate surface area is 108 Å². The van der Waals surface area contributed by atoms with Crippen LogP contribution in [0.2, 0.25) is 0 Å². The second-order valence-corrected chi connectivity index (χ2v) is 5.78. The van der Waals surface area contributed by atoms with Gasteiger partial charge in [-0.3, -0.25) is 0 Å². The number of nitrogens with one attached hydrogen (secondary N) is 1. The minimum absolute atomic E-state index is 0.280. The molecule has 1 aromatic heterocycles. The molecule has 96 valence electrons. The van der Waals surface area contributed by atoms with Crippen LogP contribution in [0.4, 0.5) is 0 Å². The van der Waals surface area contributed by atoms with Crippen LogP contribution in [0.15, 0.2) is 5.38 Å². The van der Waals surface area contributed by atoms with Crippen molar-refractivity contribution in [1.82, 2.24) is 10.3 Å².